The normalized spacial score (nSPS) is 23.1. The zero-order chi connectivity index (χ0) is 44.9. The molecule has 3 saturated heterocycles. The monoisotopic (exact) mass is 873 g/mol. The number of halogens is 1. The lowest BCUT2D eigenvalue weighted by Crippen LogP contribution is -2.61. The van der Waals surface area contributed by atoms with Crippen LogP contribution in [0, 0.1) is 24.1 Å². The predicted molar refractivity (Wildman–Crippen MR) is 237 cm³/mol. The van der Waals surface area contributed by atoms with Gasteiger partial charge in [0.25, 0.3) is 5.91 Å². The number of benzene rings is 1. The van der Waals surface area contributed by atoms with Crippen LogP contribution in [-0.4, -0.2) is 122 Å². The number of aryl methyl sites for hydroxylation is 1. The van der Waals surface area contributed by atoms with E-state index in [1.807, 2.05) is 25.3 Å². The molecule has 1 saturated carbocycles. The van der Waals surface area contributed by atoms with Crippen molar-refractivity contribution in [2.45, 2.75) is 108 Å². The maximum absolute atomic E-state index is 15.4. The molecule has 4 aliphatic rings. The quantitative estimate of drug-likeness (QED) is 0.156. The zero-order valence-electron chi connectivity index (χ0n) is 36.9. The van der Waals surface area contributed by atoms with Gasteiger partial charge < -0.3 is 20.1 Å². The van der Waals surface area contributed by atoms with Crippen LogP contribution >= 0.6 is 0 Å². The molecule has 1 unspecified atom stereocenters. The van der Waals surface area contributed by atoms with Crippen molar-refractivity contribution in [2.24, 2.45) is 0 Å². The number of amides is 3. The first-order valence-corrected chi connectivity index (χ1v) is 22.5. The van der Waals surface area contributed by atoms with Gasteiger partial charge >= 0.3 is 0 Å². The molecule has 64 heavy (non-hydrogen) atoms. The van der Waals surface area contributed by atoms with Crippen molar-refractivity contribution in [3.05, 3.63) is 82.8 Å². The molecule has 1 aliphatic carbocycles. The van der Waals surface area contributed by atoms with Gasteiger partial charge in [-0.15, -0.1) is 0 Å². The molecule has 9 rings (SSSR count). The number of rotatable bonds is 10. The lowest BCUT2D eigenvalue weighted by molar-refractivity contribution is -0.134. The number of pyridine rings is 1. The van der Waals surface area contributed by atoms with Crippen LogP contribution in [0.4, 0.5) is 15.8 Å². The second kappa shape index (κ2) is 17.6. The minimum atomic E-state index is -1.26. The number of nitrogens with one attached hydrogen (secondary N) is 2. The molecule has 1 aromatic carbocycles. The molecule has 2 atom stereocenters. The van der Waals surface area contributed by atoms with Gasteiger partial charge in [-0.3, -0.25) is 39.2 Å². The van der Waals surface area contributed by atoms with Gasteiger partial charge in [-0.2, -0.15) is 15.5 Å². The molecular formula is C47H56FN11O5. The Morgan fingerprint density at radius 2 is 1.78 bits per heavy atom. The fourth-order valence-electron chi connectivity index (χ4n) is 10.6. The van der Waals surface area contributed by atoms with Crippen LogP contribution in [0.5, 0.6) is 0 Å². The van der Waals surface area contributed by atoms with Gasteiger partial charge in [0, 0.05) is 93.3 Å². The molecule has 7 heterocycles. The third kappa shape index (κ3) is 8.59. The van der Waals surface area contributed by atoms with Gasteiger partial charge in [-0.1, -0.05) is 0 Å². The lowest BCUT2D eigenvalue weighted by Gasteiger charge is -2.50. The van der Waals surface area contributed by atoms with Crippen LogP contribution < -0.4 is 15.5 Å². The molecule has 3 N–H and O–H groups in total. The first-order valence-electron chi connectivity index (χ1n) is 22.5. The molecule has 5 aromatic rings. The molecule has 0 spiro atoms. The standard InChI is InChI=1S/C47H56FN11O5/c1-28-42(22-38(48)44(51-28)36-10-12-43(60)53-45(36)61)55-15-13-31(14-16-55)56-17-18-57(35(26-56)27-64-4)32-5-7-33(8-6-32)58-25-30-20-40(37(47(2,3)63)21-39(30)54-58)52-46(62)41-11-9-34-19-29(23-49)24-50-59(34)41/h9,11,19-22,24-25,31-33,35-36,63H,5-8,10,12-18,26-27H2,1-4H3,(H,52,62)(H,53,60,61)/t32?,33?,35-,36?/m1/s1. The number of carbonyl (C=O) groups is 3. The Bertz CT molecular complexity index is 2630. The van der Waals surface area contributed by atoms with Crippen LogP contribution in [-0.2, 0) is 19.9 Å². The van der Waals surface area contributed by atoms with Crippen LogP contribution in [0.25, 0.3) is 16.4 Å². The predicted octanol–water partition coefficient (Wildman–Crippen LogP) is 5.18. The first-order chi connectivity index (χ1) is 30.8. The molecule has 3 aliphatic heterocycles. The summed E-state index contributed by atoms with van der Waals surface area (Å²) in [6, 6.07) is 13.8. The Kier molecular flexibility index (Phi) is 12.0. The molecule has 17 heteroatoms. The maximum atomic E-state index is 15.4. The van der Waals surface area contributed by atoms with Crippen molar-refractivity contribution in [1.82, 2.24) is 39.5 Å². The zero-order valence-corrected chi connectivity index (χ0v) is 36.9. The number of piperazine rings is 1. The first kappa shape index (κ1) is 43.5. The summed E-state index contributed by atoms with van der Waals surface area (Å²) in [5.74, 6) is -2.46. The third-order valence-electron chi connectivity index (χ3n) is 13.9. The molecule has 3 amide bonds. The molecule has 0 radical (unpaired) electrons. The number of hydrogen-bond donors (Lipinski definition) is 3. The molecule has 4 fully saturated rings. The van der Waals surface area contributed by atoms with E-state index in [1.54, 1.807) is 39.2 Å². The second-order valence-electron chi connectivity index (χ2n) is 18.5. The van der Waals surface area contributed by atoms with Gasteiger partial charge in [-0.25, -0.2) is 8.91 Å². The van der Waals surface area contributed by atoms with Gasteiger partial charge in [0.15, 0.2) is 0 Å². The van der Waals surface area contributed by atoms with Crippen LogP contribution in [0.2, 0.25) is 0 Å². The number of imide groups is 1. The SMILES string of the molecule is COC[C@H]1CN(C2CCN(c3cc(F)c(C4CCC(=O)NC4=O)nc3C)CC2)CCN1C1CCC(n2cc3cc(NC(=O)c4ccc5cc(C#N)cnn45)c(C(C)(C)O)cc3n2)CC1. The van der Waals surface area contributed by atoms with E-state index in [9.17, 15) is 24.8 Å². The minimum absolute atomic E-state index is 0.117. The van der Waals surface area contributed by atoms with Crippen molar-refractivity contribution in [1.29, 1.82) is 5.26 Å². The molecular weight excluding hydrogens is 818 g/mol. The minimum Gasteiger partial charge on any atom is -0.386 e. The summed E-state index contributed by atoms with van der Waals surface area (Å²) < 4.78 is 24.8. The molecule has 16 nitrogen and oxygen atoms in total. The Morgan fingerprint density at radius 1 is 1.02 bits per heavy atom. The number of ether oxygens (including phenoxy) is 1. The van der Waals surface area contributed by atoms with Gasteiger partial charge in [0.1, 0.15) is 17.6 Å². The highest BCUT2D eigenvalue weighted by Gasteiger charge is 2.38. The number of nitriles is 1. The Morgan fingerprint density at radius 3 is 2.50 bits per heavy atom. The average molecular weight is 874 g/mol. The summed E-state index contributed by atoms with van der Waals surface area (Å²) in [6.45, 7) is 10.4. The van der Waals surface area contributed by atoms with Crippen molar-refractivity contribution in [2.75, 3.05) is 56.7 Å². The van der Waals surface area contributed by atoms with Crippen molar-refractivity contribution in [3.8, 4) is 6.07 Å². The second-order valence-corrected chi connectivity index (χ2v) is 18.5. The summed E-state index contributed by atoms with van der Waals surface area (Å²) in [4.78, 5) is 49.7. The molecule has 336 valence electrons. The van der Waals surface area contributed by atoms with E-state index >= 15 is 4.39 Å². The van der Waals surface area contributed by atoms with E-state index < -0.39 is 23.2 Å². The van der Waals surface area contributed by atoms with E-state index in [2.05, 4.69) is 46.2 Å². The summed E-state index contributed by atoms with van der Waals surface area (Å²) in [5, 5.41) is 36.0. The third-order valence-corrected chi connectivity index (χ3v) is 13.9. The van der Waals surface area contributed by atoms with Crippen molar-refractivity contribution in [3.63, 3.8) is 0 Å². The summed E-state index contributed by atoms with van der Waals surface area (Å²) >= 11 is 0. The molecule has 4 aromatic heterocycles. The van der Waals surface area contributed by atoms with Gasteiger partial charge in [-0.05, 0) is 96.0 Å². The smallest absolute Gasteiger partial charge is 0.274 e. The number of nitrogens with zero attached hydrogens (tertiary/aromatic N) is 9. The summed E-state index contributed by atoms with van der Waals surface area (Å²) in [6.07, 6.45) is 9.85. The number of carbonyl (C=O) groups excluding carboxylic acids is 3. The number of hydrogen-bond acceptors (Lipinski definition) is 12. The number of aliphatic hydroxyl groups is 1. The van der Waals surface area contributed by atoms with E-state index in [-0.39, 0.29) is 42.4 Å². The summed E-state index contributed by atoms with van der Waals surface area (Å²) in [7, 11) is 1.78. The van der Waals surface area contributed by atoms with E-state index in [0.29, 0.717) is 52.4 Å². The van der Waals surface area contributed by atoms with Crippen molar-refractivity contribution >= 4 is 45.5 Å². The number of anilines is 2. The van der Waals surface area contributed by atoms with Gasteiger partial charge in [0.05, 0.1) is 64.0 Å². The van der Waals surface area contributed by atoms with E-state index in [0.717, 1.165) is 87.8 Å². The average Bonchev–Trinajstić information content (AvgIpc) is 3.91. The van der Waals surface area contributed by atoms with Crippen molar-refractivity contribution < 1.29 is 28.6 Å². The van der Waals surface area contributed by atoms with Crippen LogP contribution in [0.15, 0.2) is 48.8 Å². The highest BCUT2D eigenvalue weighted by atomic mass is 19.1. The van der Waals surface area contributed by atoms with Gasteiger partial charge in [0.2, 0.25) is 11.8 Å². The fourth-order valence-corrected chi connectivity index (χ4v) is 10.6. The number of fused-ring (bicyclic) bond motifs is 2. The highest BCUT2D eigenvalue weighted by molar-refractivity contribution is 6.05. The van der Waals surface area contributed by atoms with E-state index in [1.165, 1.54) is 16.8 Å². The Hall–Kier alpha value is -5.80. The Labute approximate surface area is 371 Å². The number of methoxy groups -OCH3 is 1. The maximum Gasteiger partial charge on any atom is 0.274 e. The highest BCUT2D eigenvalue weighted by Crippen LogP contribution is 2.37. The Balaban J connectivity index is 0.814. The fraction of sp³-hybridized carbons (Fsp3) is 0.511. The number of aromatic nitrogens is 5. The topological polar surface area (TPSA) is 186 Å². The van der Waals surface area contributed by atoms with E-state index in [4.69, 9.17) is 9.84 Å². The molecule has 0 bridgehead atoms. The summed E-state index contributed by atoms with van der Waals surface area (Å²) in [5.41, 5.74) is 3.46. The van der Waals surface area contributed by atoms with Crippen LogP contribution in [0.1, 0.15) is 110 Å². The lowest BCUT2D eigenvalue weighted by atomic mass is 9.88. The largest absolute Gasteiger partial charge is 0.386 e. The van der Waals surface area contributed by atoms with Crippen LogP contribution in [0.3, 0.4) is 0 Å². The number of piperidine rings is 2.